The van der Waals surface area contributed by atoms with Gasteiger partial charge in [0, 0.05) is 11.8 Å². The van der Waals surface area contributed by atoms with Crippen molar-refractivity contribution >= 4 is 0 Å². The lowest BCUT2D eigenvalue weighted by Gasteiger charge is -2.42. The Morgan fingerprint density at radius 2 is 1.70 bits per heavy atom. The van der Waals surface area contributed by atoms with Gasteiger partial charge in [-0.3, -0.25) is 0 Å². The van der Waals surface area contributed by atoms with E-state index < -0.39 is 0 Å². The third kappa shape index (κ3) is 2.97. The molecule has 4 fully saturated rings. The van der Waals surface area contributed by atoms with Crippen LogP contribution in [0.2, 0.25) is 0 Å². The molecule has 7 unspecified atom stereocenters. The van der Waals surface area contributed by atoms with Crippen LogP contribution < -0.4 is 0 Å². The highest BCUT2D eigenvalue weighted by molar-refractivity contribution is 5.05. The zero-order chi connectivity index (χ0) is 15.9. The van der Waals surface area contributed by atoms with E-state index in [0.29, 0.717) is 30.1 Å². The van der Waals surface area contributed by atoms with Crippen molar-refractivity contribution in [3.8, 4) is 0 Å². The van der Waals surface area contributed by atoms with Crippen LogP contribution in [-0.4, -0.2) is 50.3 Å². The minimum absolute atomic E-state index is 0.00483. The molecular weight excluding hydrogens is 292 g/mol. The van der Waals surface area contributed by atoms with Gasteiger partial charge in [-0.05, 0) is 44.4 Å². The topological polar surface area (TPSA) is 36.9 Å². The first-order valence-electron chi connectivity index (χ1n) is 9.73. The van der Waals surface area contributed by atoms with Gasteiger partial charge in [0.15, 0.2) is 0 Å². The molecule has 0 aromatic carbocycles. The Morgan fingerprint density at radius 1 is 1.00 bits per heavy atom. The first-order chi connectivity index (χ1) is 11.2. The van der Waals surface area contributed by atoms with E-state index in [1.165, 1.54) is 25.7 Å². The van der Waals surface area contributed by atoms with Gasteiger partial charge in [-0.2, -0.15) is 0 Å². The van der Waals surface area contributed by atoms with Crippen molar-refractivity contribution in [1.82, 2.24) is 0 Å². The summed E-state index contributed by atoms with van der Waals surface area (Å²) >= 11 is 0. The molecular formula is C19H32O4. The van der Waals surface area contributed by atoms with E-state index in [2.05, 4.69) is 13.8 Å². The summed E-state index contributed by atoms with van der Waals surface area (Å²) in [6, 6.07) is 0. The summed E-state index contributed by atoms with van der Waals surface area (Å²) in [5, 5.41) is 0. The van der Waals surface area contributed by atoms with Gasteiger partial charge in [0.25, 0.3) is 0 Å². The van der Waals surface area contributed by atoms with Crippen molar-refractivity contribution in [2.45, 2.75) is 76.3 Å². The third-order valence-corrected chi connectivity index (χ3v) is 6.75. The Kier molecular flexibility index (Phi) is 4.70. The summed E-state index contributed by atoms with van der Waals surface area (Å²) in [6.45, 7) is 7.86. The second-order valence-electron chi connectivity index (χ2n) is 8.12. The molecule has 0 spiro atoms. The molecule has 2 aliphatic carbocycles. The van der Waals surface area contributed by atoms with E-state index in [9.17, 15) is 0 Å². The van der Waals surface area contributed by atoms with Gasteiger partial charge in [-0.25, -0.2) is 0 Å². The van der Waals surface area contributed by atoms with Crippen molar-refractivity contribution in [3.63, 3.8) is 0 Å². The van der Waals surface area contributed by atoms with Crippen LogP contribution in [0.15, 0.2) is 0 Å². The maximum Gasteiger partial charge on any atom is 0.0945 e. The van der Waals surface area contributed by atoms with Crippen LogP contribution in [0.3, 0.4) is 0 Å². The van der Waals surface area contributed by atoms with Crippen LogP contribution in [0.5, 0.6) is 0 Å². The number of fused-ring (bicyclic) bond motifs is 2. The fourth-order valence-corrected chi connectivity index (χ4v) is 5.06. The largest absolute Gasteiger partial charge is 0.377 e. The lowest BCUT2D eigenvalue weighted by atomic mass is 9.91. The molecule has 0 radical (unpaired) electrons. The summed E-state index contributed by atoms with van der Waals surface area (Å²) in [6.07, 6.45) is 8.26. The van der Waals surface area contributed by atoms with E-state index >= 15 is 0 Å². The molecule has 23 heavy (non-hydrogen) atoms. The summed E-state index contributed by atoms with van der Waals surface area (Å²) in [4.78, 5) is 0. The highest BCUT2D eigenvalue weighted by Gasteiger charge is 2.54. The van der Waals surface area contributed by atoms with Crippen molar-refractivity contribution in [1.29, 1.82) is 0 Å². The summed E-state index contributed by atoms with van der Waals surface area (Å²) in [7, 11) is 0. The van der Waals surface area contributed by atoms with Crippen molar-refractivity contribution in [3.05, 3.63) is 0 Å². The SMILES string of the molecule is CCC1OCC1COC1CC2CCC1(OCC1COC1CC)C2. The Morgan fingerprint density at radius 3 is 2.26 bits per heavy atom. The monoisotopic (exact) mass is 324 g/mol. The van der Waals surface area contributed by atoms with E-state index in [-0.39, 0.29) is 5.60 Å². The van der Waals surface area contributed by atoms with Crippen LogP contribution in [-0.2, 0) is 18.9 Å². The average molecular weight is 324 g/mol. The molecule has 7 atom stereocenters. The normalized spacial score (nSPS) is 48.3. The number of hydrogen-bond acceptors (Lipinski definition) is 4. The molecule has 4 heteroatoms. The molecule has 2 heterocycles. The Hall–Kier alpha value is -0.160. The Bertz CT molecular complexity index is 410. The maximum absolute atomic E-state index is 6.53. The summed E-state index contributed by atoms with van der Waals surface area (Å²) < 4.78 is 24.1. The first-order valence-corrected chi connectivity index (χ1v) is 9.73. The minimum Gasteiger partial charge on any atom is -0.377 e. The Labute approximate surface area is 140 Å². The van der Waals surface area contributed by atoms with E-state index in [1.807, 2.05) is 0 Å². The van der Waals surface area contributed by atoms with E-state index in [4.69, 9.17) is 18.9 Å². The molecule has 0 aromatic heterocycles. The molecule has 4 aliphatic rings. The summed E-state index contributed by atoms with van der Waals surface area (Å²) in [5.74, 6) is 2.01. The molecule has 132 valence electrons. The zero-order valence-corrected chi connectivity index (χ0v) is 14.7. The second-order valence-corrected chi connectivity index (χ2v) is 8.12. The average Bonchev–Trinajstić information content (AvgIpc) is 3.04. The van der Waals surface area contributed by atoms with Gasteiger partial charge in [-0.1, -0.05) is 13.8 Å². The molecule has 0 aromatic rings. The summed E-state index contributed by atoms with van der Waals surface area (Å²) in [5.41, 5.74) is 0.00483. The minimum atomic E-state index is 0.00483. The highest BCUT2D eigenvalue weighted by Crippen LogP contribution is 2.52. The van der Waals surface area contributed by atoms with Crippen LogP contribution in [0.25, 0.3) is 0 Å². The molecule has 0 N–H and O–H groups in total. The number of hydrogen-bond donors (Lipinski definition) is 0. The predicted molar refractivity (Wildman–Crippen MR) is 87.4 cm³/mol. The molecule has 0 amide bonds. The molecule has 2 bridgehead atoms. The smallest absolute Gasteiger partial charge is 0.0945 e. The highest BCUT2D eigenvalue weighted by atomic mass is 16.6. The number of ether oxygens (including phenoxy) is 4. The van der Waals surface area contributed by atoms with Crippen LogP contribution in [0, 0.1) is 17.8 Å². The van der Waals surface area contributed by atoms with Crippen LogP contribution in [0.1, 0.15) is 52.4 Å². The molecule has 2 saturated carbocycles. The van der Waals surface area contributed by atoms with Crippen LogP contribution in [0.4, 0.5) is 0 Å². The van der Waals surface area contributed by atoms with Crippen molar-refractivity contribution in [2.24, 2.45) is 17.8 Å². The van der Waals surface area contributed by atoms with Crippen LogP contribution >= 0.6 is 0 Å². The van der Waals surface area contributed by atoms with Crippen molar-refractivity contribution < 1.29 is 18.9 Å². The zero-order valence-electron chi connectivity index (χ0n) is 14.7. The maximum atomic E-state index is 6.53. The molecule has 2 aliphatic heterocycles. The number of rotatable bonds is 8. The van der Waals surface area contributed by atoms with Crippen molar-refractivity contribution in [2.75, 3.05) is 26.4 Å². The lowest BCUT2D eigenvalue weighted by molar-refractivity contribution is -0.203. The molecule has 4 rings (SSSR count). The fraction of sp³-hybridized carbons (Fsp3) is 1.00. The fourth-order valence-electron chi connectivity index (χ4n) is 5.06. The Balaban J connectivity index is 1.30. The molecule has 2 saturated heterocycles. The van der Waals surface area contributed by atoms with Gasteiger partial charge in [0.1, 0.15) is 0 Å². The molecule has 4 nitrogen and oxygen atoms in total. The van der Waals surface area contributed by atoms with Gasteiger partial charge < -0.3 is 18.9 Å². The second kappa shape index (κ2) is 6.62. The lowest BCUT2D eigenvalue weighted by Crippen LogP contribution is -2.49. The first kappa shape index (κ1) is 16.3. The third-order valence-electron chi connectivity index (χ3n) is 6.75. The van der Waals surface area contributed by atoms with Gasteiger partial charge in [-0.15, -0.1) is 0 Å². The van der Waals surface area contributed by atoms with Gasteiger partial charge in [0.05, 0.1) is 50.3 Å². The van der Waals surface area contributed by atoms with Gasteiger partial charge in [0.2, 0.25) is 0 Å². The van der Waals surface area contributed by atoms with E-state index in [0.717, 1.165) is 45.2 Å². The van der Waals surface area contributed by atoms with E-state index in [1.54, 1.807) is 0 Å². The standard InChI is InChI=1S/C19H32O4/c1-3-16-14(9-20-16)11-22-18-7-13-5-6-19(18,8-13)23-12-15-10-21-17(15)4-2/h13-18H,3-12H2,1-2H3. The predicted octanol–water partition coefficient (Wildman–Crippen LogP) is 3.18. The quantitative estimate of drug-likeness (QED) is 0.687. The van der Waals surface area contributed by atoms with Gasteiger partial charge >= 0.3 is 0 Å².